The summed E-state index contributed by atoms with van der Waals surface area (Å²) in [7, 11) is 0. The summed E-state index contributed by atoms with van der Waals surface area (Å²) in [6.07, 6.45) is -0.183. The molecule has 0 radical (unpaired) electrons. The summed E-state index contributed by atoms with van der Waals surface area (Å²) < 4.78 is 5.13. The van der Waals surface area contributed by atoms with Crippen molar-refractivity contribution in [2.45, 2.75) is 26.4 Å². The second kappa shape index (κ2) is 4.91. The van der Waals surface area contributed by atoms with Crippen LogP contribution >= 0.6 is 0 Å². The molecule has 0 amide bonds. The minimum absolute atomic E-state index is 0.0489. The molecule has 64 valence electrons. The van der Waals surface area contributed by atoms with Gasteiger partial charge < -0.3 is 9.84 Å². The van der Waals surface area contributed by atoms with E-state index >= 15 is 0 Å². The maximum absolute atomic E-state index is 10.2. The van der Waals surface area contributed by atoms with Gasteiger partial charge in [0.25, 0.3) is 0 Å². The zero-order valence-corrected chi connectivity index (χ0v) is 6.96. The molecule has 0 aromatic carbocycles. The van der Waals surface area contributed by atoms with Crippen molar-refractivity contribution in [1.82, 2.24) is 0 Å². The molecule has 0 spiro atoms. The van der Waals surface area contributed by atoms with Crippen LogP contribution in [0.15, 0.2) is 12.2 Å². The van der Waals surface area contributed by atoms with Gasteiger partial charge in [0.1, 0.15) is 0 Å². The van der Waals surface area contributed by atoms with Gasteiger partial charge in [0.05, 0.1) is 19.1 Å². The van der Waals surface area contributed by atoms with E-state index in [1.54, 1.807) is 6.92 Å². The largest absolute Gasteiger partial charge is 0.481 e. The highest BCUT2D eigenvalue weighted by atomic mass is 16.5. The Labute approximate surface area is 66.7 Å². The zero-order valence-electron chi connectivity index (χ0n) is 6.96. The lowest BCUT2D eigenvalue weighted by molar-refractivity contribution is -0.139. The molecule has 0 aromatic heterocycles. The molecule has 0 heterocycles. The molecule has 3 nitrogen and oxygen atoms in total. The van der Waals surface area contributed by atoms with E-state index in [-0.39, 0.29) is 12.5 Å². The van der Waals surface area contributed by atoms with E-state index in [9.17, 15) is 4.79 Å². The number of hydrogen-bond acceptors (Lipinski definition) is 2. The molecule has 1 unspecified atom stereocenters. The molecule has 1 atom stereocenters. The van der Waals surface area contributed by atoms with Crippen LogP contribution in [0.2, 0.25) is 0 Å². The molecule has 11 heavy (non-hydrogen) atoms. The molecule has 1 N–H and O–H groups in total. The van der Waals surface area contributed by atoms with E-state index in [1.165, 1.54) is 0 Å². The number of carboxylic acids is 1. The Morgan fingerprint density at radius 3 is 2.64 bits per heavy atom. The summed E-state index contributed by atoms with van der Waals surface area (Å²) in [5.41, 5.74) is 0.905. The minimum Gasteiger partial charge on any atom is -0.481 e. The minimum atomic E-state index is -0.834. The smallest absolute Gasteiger partial charge is 0.305 e. The van der Waals surface area contributed by atoms with Crippen LogP contribution in [0.4, 0.5) is 0 Å². The first kappa shape index (κ1) is 10.2. The first-order valence-corrected chi connectivity index (χ1v) is 3.50. The van der Waals surface area contributed by atoms with Crippen LogP contribution in [0.1, 0.15) is 20.3 Å². The molecule has 0 saturated carbocycles. The maximum Gasteiger partial charge on any atom is 0.305 e. The quantitative estimate of drug-likeness (QED) is 0.616. The molecule has 0 rings (SSSR count). The number of hydrogen-bond donors (Lipinski definition) is 1. The Morgan fingerprint density at radius 2 is 2.27 bits per heavy atom. The van der Waals surface area contributed by atoms with Crippen LogP contribution in [0.5, 0.6) is 0 Å². The lowest BCUT2D eigenvalue weighted by Crippen LogP contribution is -2.14. The highest BCUT2D eigenvalue weighted by molar-refractivity contribution is 5.67. The summed E-state index contributed by atoms with van der Waals surface area (Å²) in [5.74, 6) is -0.834. The topological polar surface area (TPSA) is 46.5 Å². The molecule has 0 aliphatic rings. The molecule has 0 aliphatic heterocycles. The highest BCUT2D eigenvalue weighted by Gasteiger charge is 2.06. The van der Waals surface area contributed by atoms with E-state index in [2.05, 4.69) is 6.58 Å². The normalized spacial score (nSPS) is 12.5. The van der Waals surface area contributed by atoms with Gasteiger partial charge in [-0.05, 0) is 13.8 Å². The fraction of sp³-hybridized carbons (Fsp3) is 0.625. The molecular formula is C8H14O3. The first-order valence-electron chi connectivity index (χ1n) is 3.50. The van der Waals surface area contributed by atoms with Gasteiger partial charge in [0, 0.05) is 0 Å². The lowest BCUT2D eigenvalue weighted by atomic mass is 10.3. The van der Waals surface area contributed by atoms with E-state index < -0.39 is 5.97 Å². The van der Waals surface area contributed by atoms with Crippen molar-refractivity contribution in [2.24, 2.45) is 0 Å². The van der Waals surface area contributed by atoms with Gasteiger partial charge >= 0.3 is 5.97 Å². The third-order valence-corrected chi connectivity index (χ3v) is 1.08. The Balaban J connectivity index is 3.44. The fourth-order valence-corrected chi connectivity index (χ4v) is 0.589. The van der Waals surface area contributed by atoms with Crippen LogP contribution in [0, 0.1) is 0 Å². The van der Waals surface area contributed by atoms with E-state index in [4.69, 9.17) is 9.84 Å². The van der Waals surface area contributed by atoms with Crippen molar-refractivity contribution < 1.29 is 14.6 Å². The first-order chi connectivity index (χ1) is 5.02. The lowest BCUT2D eigenvalue weighted by Gasteiger charge is -2.09. The molecular weight excluding hydrogens is 144 g/mol. The van der Waals surface area contributed by atoms with Crippen LogP contribution in [0.25, 0.3) is 0 Å². The summed E-state index contributed by atoms with van der Waals surface area (Å²) >= 11 is 0. The van der Waals surface area contributed by atoms with Crippen LogP contribution in [-0.2, 0) is 9.53 Å². The van der Waals surface area contributed by atoms with E-state index in [1.807, 2.05) is 6.92 Å². The average molecular weight is 158 g/mol. The second-order valence-corrected chi connectivity index (χ2v) is 2.68. The summed E-state index contributed by atoms with van der Waals surface area (Å²) in [4.78, 5) is 10.2. The van der Waals surface area contributed by atoms with Crippen molar-refractivity contribution in [1.29, 1.82) is 0 Å². The standard InChI is InChI=1S/C8H14O3/c1-6(2)5-11-7(3)4-8(9)10/h7H,1,4-5H2,2-3H3,(H,9,10). The van der Waals surface area contributed by atoms with Crippen LogP contribution < -0.4 is 0 Å². The van der Waals surface area contributed by atoms with E-state index in [0.717, 1.165) is 5.57 Å². The Morgan fingerprint density at radius 1 is 1.73 bits per heavy atom. The van der Waals surface area contributed by atoms with Crippen molar-refractivity contribution in [3.05, 3.63) is 12.2 Å². The number of carboxylic acid groups (broad SMARTS) is 1. The third kappa shape index (κ3) is 7.06. The van der Waals surface area contributed by atoms with Gasteiger partial charge in [-0.3, -0.25) is 4.79 Å². The Kier molecular flexibility index (Phi) is 4.54. The monoisotopic (exact) mass is 158 g/mol. The number of aliphatic carboxylic acids is 1. The van der Waals surface area contributed by atoms with Crippen LogP contribution in [-0.4, -0.2) is 23.8 Å². The summed E-state index contributed by atoms with van der Waals surface area (Å²) in [5, 5.41) is 8.35. The average Bonchev–Trinajstić information content (AvgIpc) is 1.82. The maximum atomic E-state index is 10.2. The van der Waals surface area contributed by atoms with Gasteiger partial charge in [0.2, 0.25) is 0 Å². The number of carbonyl (C=O) groups is 1. The SMILES string of the molecule is C=C(C)COC(C)CC(=O)O. The Hall–Kier alpha value is -0.830. The third-order valence-electron chi connectivity index (χ3n) is 1.08. The van der Waals surface area contributed by atoms with Gasteiger partial charge in [0.15, 0.2) is 0 Å². The van der Waals surface area contributed by atoms with Crippen molar-refractivity contribution >= 4 is 5.97 Å². The van der Waals surface area contributed by atoms with Gasteiger partial charge in [-0.15, -0.1) is 0 Å². The summed E-state index contributed by atoms with van der Waals surface area (Å²) in [6, 6.07) is 0. The molecule has 0 aliphatic carbocycles. The zero-order chi connectivity index (χ0) is 8.85. The van der Waals surface area contributed by atoms with Crippen molar-refractivity contribution in [2.75, 3.05) is 6.61 Å². The van der Waals surface area contributed by atoms with E-state index in [0.29, 0.717) is 6.61 Å². The predicted octanol–water partition coefficient (Wildman–Crippen LogP) is 1.44. The fourth-order valence-electron chi connectivity index (χ4n) is 0.589. The van der Waals surface area contributed by atoms with Crippen molar-refractivity contribution in [3.8, 4) is 0 Å². The Bertz CT molecular complexity index is 151. The number of ether oxygens (including phenoxy) is 1. The van der Waals surface area contributed by atoms with Gasteiger partial charge in [-0.2, -0.15) is 0 Å². The predicted molar refractivity (Wildman–Crippen MR) is 42.5 cm³/mol. The molecule has 3 heteroatoms. The molecule has 0 aromatic rings. The molecule has 0 bridgehead atoms. The summed E-state index contributed by atoms with van der Waals surface area (Å²) in [6.45, 7) is 7.65. The molecule has 0 saturated heterocycles. The highest BCUT2D eigenvalue weighted by Crippen LogP contribution is 1.99. The van der Waals surface area contributed by atoms with Gasteiger partial charge in [-0.1, -0.05) is 12.2 Å². The van der Waals surface area contributed by atoms with Crippen LogP contribution in [0.3, 0.4) is 0 Å². The number of rotatable bonds is 5. The van der Waals surface area contributed by atoms with Crippen molar-refractivity contribution in [3.63, 3.8) is 0 Å². The second-order valence-electron chi connectivity index (χ2n) is 2.68. The molecule has 0 fully saturated rings. The van der Waals surface area contributed by atoms with Gasteiger partial charge in [-0.25, -0.2) is 0 Å².